The molecule has 0 radical (unpaired) electrons. The van der Waals surface area contributed by atoms with E-state index in [1.54, 1.807) is 6.42 Å². The van der Waals surface area contributed by atoms with Crippen LogP contribution in [-0.2, 0) is 12.8 Å². The summed E-state index contributed by atoms with van der Waals surface area (Å²) in [4.78, 5) is 0. The SMILES string of the molecule is CC(C)C1CCC(CC2CCC(C(C)C)CC2)CC1.CC(C)CC1(C)CC(C(C)C)CC(C)(C)C1.CC(C)c1ccc(Cc2ccc(C(C)C)cc2)cc1.CC(C)c1ccc(Cc2ccccc2C(C)C)cc1.Cc1c(C(C)C)cccc1C(C)C.Cc1ccc(C(C)C)cc1C(C)C. The van der Waals surface area contributed by atoms with Gasteiger partial charge in [-0.25, -0.2) is 0 Å². The molecule has 0 heterocycles. The van der Waals surface area contributed by atoms with E-state index in [9.17, 15) is 0 Å². The summed E-state index contributed by atoms with van der Waals surface area (Å²) in [6.45, 7) is 67.1. The second-order valence-corrected chi connectivity index (χ2v) is 37.1. The molecular weight excluding hydrogens is 1190 g/mol. The zero-order valence-electron chi connectivity index (χ0n) is 70.1. The number of aryl methyl sites for hydroxylation is 1. The molecule has 2 unspecified atom stereocenters. The van der Waals surface area contributed by atoms with Crippen molar-refractivity contribution in [1.82, 2.24) is 0 Å². The second-order valence-electron chi connectivity index (χ2n) is 37.1. The summed E-state index contributed by atoms with van der Waals surface area (Å²) in [6.07, 6.45) is 21.5. The maximum atomic E-state index is 2.53. The van der Waals surface area contributed by atoms with Crippen molar-refractivity contribution in [2.24, 2.45) is 64.1 Å². The van der Waals surface area contributed by atoms with Gasteiger partial charge in [0.25, 0.3) is 0 Å². The van der Waals surface area contributed by atoms with Crippen molar-refractivity contribution in [3.05, 3.63) is 211 Å². The van der Waals surface area contributed by atoms with Crippen LogP contribution in [0.15, 0.2) is 133 Å². The third-order valence-electron chi connectivity index (χ3n) is 23.3. The molecule has 0 saturated heterocycles. The van der Waals surface area contributed by atoms with Crippen LogP contribution in [0, 0.1) is 77.9 Å². The van der Waals surface area contributed by atoms with Gasteiger partial charge in [-0.3, -0.25) is 0 Å². The highest BCUT2D eigenvalue weighted by Crippen LogP contribution is 2.53. The highest BCUT2D eigenvalue weighted by atomic mass is 14.5. The largest absolute Gasteiger partial charge is 0.0628 e. The van der Waals surface area contributed by atoms with Crippen molar-refractivity contribution in [3.8, 4) is 0 Å². The van der Waals surface area contributed by atoms with Crippen LogP contribution in [0.5, 0.6) is 0 Å². The Morgan fingerprint density at radius 2 is 0.687 bits per heavy atom. The highest BCUT2D eigenvalue weighted by molar-refractivity contribution is 5.39. The van der Waals surface area contributed by atoms with Crippen molar-refractivity contribution in [3.63, 3.8) is 0 Å². The first-order valence-corrected chi connectivity index (χ1v) is 40.9. The Hall–Kier alpha value is -4.68. The average molecular weight is 1350 g/mol. The van der Waals surface area contributed by atoms with Crippen LogP contribution in [-0.4, -0.2) is 0 Å². The highest BCUT2D eigenvalue weighted by Gasteiger charge is 2.42. The first-order valence-electron chi connectivity index (χ1n) is 40.9. The Balaban J connectivity index is 0.000000254. The Morgan fingerprint density at radius 3 is 1.04 bits per heavy atom. The first-order chi connectivity index (χ1) is 46.4. The molecule has 6 aromatic carbocycles. The lowest BCUT2D eigenvalue weighted by Gasteiger charge is -2.49. The lowest BCUT2D eigenvalue weighted by atomic mass is 9.57. The Labute approximate surface area is 616 Å². The van der Waals surface area contributed by atoms with E-state index in [0.29, 0.717) is 58.2 Å². The summed E-state index contributed by atoms with van der Waals surface area (Å²) in [6, 6.07) is 49.4. The van der Waals surface area contributed by atoms with Gasteiger partial charge in [-0.2, -0.15) is 0 Å². The van der Waals surface area contributed by atoms with Crippen molar-refractivity contribution in [2.75, 3.05) is 0 Å². The van der Waals surface area contributed by atoms with Crippen LogP contribution in [0.1, 0.15) is 396 Å². The average Bonchev–Trinajstić information content (AvgIpc) is 0.807. The van der Waals surface area contributed by atoms with Gasteiger partial charge >= 0.3 is 0 Å². The molecule has 0 N–H and O–H groups in total. The van der Waals surface area contributed by atoms with Gasteiger partial charge in [0, 0.05) is 0 Å². The van der Waals surface area contributed by atoms with Crippen LogP contribution in [0.25, 0.3) is 0 Å². The lowest BCUT2D eigenvalue weighted by Crippen LogP contribution is -2.38. The van der Waals surface area contributed by atoms with Gasteiger partial charge in [0.2, 0.25) is 0 Å². The van der Waals surface area contributed by atoms with Crippen LogP contribution < -0.4 is 0 Å². The zero-order valence-corrected chi connectivity index (χ0v) is 70.1. The van der Waals surface area contributed by atoms with Gasteiger partial charge in [0.1, 0.15) is 0 Å². The van der Waals surface area contributed by atoms with Gasteiger partial charge in [-0.05, 0) is 274 Å². The Kier molecular flexibility index (Phi) is 36.9. The Morgan fingerprint density at radius 1 is 0.333 bits per heavy atom. The van der Waals surface area contributed by atoms with Crippen molar-refractivity contribution in [2.45, 2.75) is 344 Å². The van der Waals surface area contributed by atoms with E-state index in [1.807, 2.05) is 0 Å². The molecule has 0 aliphatic heterocycles. The third kappa shape index (κ3) is 30.3. The second kappa shape index (κ2) is 42.2. The van der Waals surface area contributed by atoms with Crippen LogP contribution >= 0.6 is 0 Å². The summed E-state index contributed by atoms with van der Waals surface area (Å²) < 4.78 is 0. The minimum Gasteiger partial charge on any atom is -0.0628 e. The van der Waals surface area contributed by atoms with Gasteiger partial charge in [0.15, 0.2) is 0 Å². The van der Waals surface area contributed by atoms with Crippen molar-refractivity contribution < 1.29 is 0 Å². The molecule has 9 rings (SSSR count). The zero-order chi connectivity index (χ0) is 74.1. The van der Waals surface area contributed by atoms with Gasteiger partial charge in [-0.15, -0.1) is 0 Å². The van der Waals surface area contributed by atoms with Gasteiger partial charge < -0.3 is 0 Å². The van der Waals surface area contributed by atoms with Crippen LogP contribution in [0.4, 0.5) is 0 Å². The maximum Gasteiger partial charge on any atom is -0.00229 e. The fraction of sp³-hybridized carbons (Fsp3) is 0.636. The first kappa shape index (κ1) is 86.7. The topological polar surface area (TPSA) is 0 Å². The monoisotopic (exact) mass is 1350 g/mol. The van der Waals surface area contributed by atoms with E-state index in [1.165, 1.54) is 155 Å². The van der Waals surface area contributed by atoms with Crippen LogP contribution in [0.2, 0.25) is 0 Å². The molecule has 552 valence electrons. The maximum absolute atomic E-state index is 2.53. The molecule has 3 fully saturated rings. The fourth-order valence-corrected chi connectivity index (χ4v) is 17.3. The quantitative estimate of drug-likeness (QED) is 0.0758. The molecule has 99 heavy (non-hydrogen) atoms. The summed E-state index contributed by atoms with van der Waals surface area (Å²) in [5.74, 6) is 13.7. The number of benzene rings is 6. The van der Waals surface area contributed by atoms with Crippen molar-refractivity contribution >= 4 is 0 Å². The summed E-state index contributed by atoms with van der Waals surface area (Å²) in [5.41, 5.74) is 21.3. The molecular formula is C99H156. The van der Waals surface area contributed by atoms with E-state index in [-0.39, 0.29) is 0 Å². The van der Waals surface area contributed by atoms with E-state index in [0.717, 1.165) is 66.1 Å². The fourth-order valence-electron chi connectivity index (χ4n) is 17.3. The van der Waals surface area contributed by atoms with Crippen molar-refractivity contribution in [1.29, 1.82) is 0 Å². The van der Waals surface area contributed by atoms with E-state index in [2.05, 4.69) is 334 Å². The minimum atomic E-state index is 0.552. The molecule has 0 heteroatoms. The summed E-state index contributed by atoms with van der Waals surface area (Å²) in [7, 11) is 0. The predicted molar refractivity (Wildman–Crippen MR) is 445 cm³/mol. The van der Waals surface area contributed by atoms with E-state index < -0.39 is 0 Å². The predicted octanol–water partition coefficient (Wildman–Crippen LogP) is 31.4. The molecule has 6 aromatic rings. The number of hydrogen-bond acceptors (Lipinski definition) is 0. The van der Waals surface area contributed by atoms with E-state index in [4.69, 9.17) is 0 Å². The Bertz CT molecular complexity index is 3020. The molecule has 0 nitrogen and oxygen atoms in total. The van der Waals surface area contributed by atoms with E-state index >= 15 is 0 Å². The third-order valence-corrected chi connectivity index (χ3v) is 23.3. The lowest BCUT2D eigenvalue weighted by molar-refractivity contribution is 0.0213. The molecule has 3 saturated carbocycles. The normalized spacial score (nSPS) is 20.0. The number of hydrogen-bond donors (Lipinski definition) is 0. The molecule has 0 amide bonds. The van der Waals surface area contributed by atoms with Gasteiger partial charge in [-0.1, -0.05) is 346 Å². The van der Waals surface area contributed by atoms with Crippen LogP contribution in [0.3, 0.4) is 0 Å². The standard InChI is InChI=1S/C19H36.2C19H24.C16H32.2C13H20/c2*1-14(2)18-9-5-16(6-10-18)13-17-7-11-19(12-8-17)15(3)4;1-14(2)17-11-9-16(10-12-17)13-18-7-5-6-8-19(18)15(3)4;1-12(2)8-16(7)10-14(13(3)4)9-15(5,6)11-16;1-9(2)12-7-6-11(5)13(8-12)10(3)4;1-9(2)12-7-6-8-13(10(3)4)11(12)5/h14-19H,5-13H2,1-4H3;2*5-12,14-15H,13H2,1-4H3;12-14H,8-11H2,1-7H3;2*6-10H,1-5H3. The molecule has 0 bridgehead atoms. The molecule has 0 aromatic heterocycles. The molecule has 0 spiro atoms. The molecule has 3 aliphatic rings. The minimum absolute atomic E-state index is 0.552. The smallest absolute Gasteiger partial charge is 0.00229 e. The summed E-state index contributed by atoms with van der Waals surface area (Å²) >= 11 is 0. The molecule has 3 aliphatic carbocycles. The molecule has 2 atom stereocenters. The number of rotatable bonds is 19. The van der Waals surface area contributed by atoms with Gasteiger partial charge in [0.05, 0.1) is 0 Å². The summed E-state index contributed by atoms with van der Waals surface area (Å²) in [5, 5.41) is 0.